The standard InChI is InChI=1S/C18H14FNO3S/c1-22-16-6-7-17(13(8-16)9-21)23-10-15-11-24-18(20-15)12-2-4-14(19)5-3-12/h2-9,11H,10H2,1H3. The van der Waals surface area contributed by atoms with Gasteiger partial charge in [0, 0.05) is 10.9 Å². The molecule has 1 heterocycles. The molecular weight excluding hydrogens is 329 g/mol. The highest BCUT2D eigenvalue weighted by Crippen LogP contribution is 2.26. The molecule has 122 valence electrons. The number of benzene rings is 2. The second-order valence-corrected chi connectivity index (χ2v) is 5.82. The fourth-order valence-electron chi connectivity index (χ4n) is 2.13. The van der Waals surface area contributed by atoms with E-state index in [4.69, 9.17) is 9.47 Å². The Kier molecular flexibility index (Phi) is 4.86. The lowest BCUT2D eigenvalue weighted by molar-refractivity contribution is 0.111. The molecule has 0 spiro atoms. The number of carbonyl (C=O) groups is 1. The van der Waals surface area contributed by atoms with Crippen LogP contribution in [0, 0.1) is 5.82 Å². The van der Waals surface area contributed by atoms with E-state index in [1.54, 1.807) is 30.3 Å². The zero-order valence-electron chi connectivity index (χ0n) is 12.9. The van der Waals surface area contributed by atoms with Crippen molar-refractivity contribution in [1.29, 1.82) is 0 Å². The molecule has 0 radical (unpaired) electrons. The largest absolute Gasteiger partial charge is 0.497 e. The number of ether oxygens (including phenoxy) is 2. The number of methoxy groups -OCH3 is 1. The van der Waals surface area contributed by atoms with Gasteiger partial charge in [-0.2, -0.15) is 0 Å². The first-order valence-corrected chi connectivity index (χ1v) is 8.04. The molecule has 0 aliphatic heterocycles. The summed E-state index contributed by atoms with van der Waals surface area (Å²) in [6.45, 7) is 0.241. The number of thiazole rings is 1. The highest BCUT2D eigenvalue weighted by molar-refractivity contribution is 7.13. The van der Waals surface area contributed by atoms with Gasteiger partial charge in [0.1, 0.15) is 28.9 Å². The number of hydrogen-bond acceptors (Lipinski definition) is 5. The summed E-state index contributed by atoms with van der Waals surface area (Å²) in [5, 5.41) is 2.67. The predicted molar refractivity (Wildman–Crippen MR) is 90.2 cm³/mol. The van der Waals surface area contributed by atoms with Gasteiger partial charge >= 0.3 is 0 Å². The van der Waals surface area contributed by atoms with Crippen LogP contribution in [0.4, 0.5) is 4.39 Å². The second kappa shape index (κ2) is 7.23. The van der Waals surface area contributed by atoms with E-state index in [-0.39, 0.29) is 12.4 Å². The Bertz CT molecular complexity index is 846. The lowest BCUT2D eigenvalue weighted by Crippen LogP contribution is -1.99. The summed E-state index contributed by atoms with van der Waals surface area (Å²) in [7, 11) is 1.54. The van der Waals surface area contributed by atoms with Gasteiger partial charge in [-0.05, 0) is 42.5 Å². The average Bonchev–Trinajstić information content (AvgIpc) is 3.09. The van der Waals surface area contributed by atoms with Gasteiger partial charge in [0.25, 0.3) is 0 Å². The molecule has 1 aromatic heterocycles. The van der Waals surface area contributed by atoms with Crippen molar-refractivity contribution in [2.24, 2.45) is 0 Å². The minimum Gasteiger partial charge on any atom is -0.497 e. The van der Waals surface area contributed by atoms with E-state index < -0.39 is 0 Å². The van der Waals surface area contributed by atoms with Crippen LogP contribution in [0.2, 0.25) is 0 Å². The van der Waals surface area contributed by atoms with Crippen molar-refractivity contribution >= 4 is 17.6 Å². The van der Waals surface area contributed by atoms with Gasteiger partial charge < -0.3 is 9.47 Å². The monoisotopic (exact) mass is 343 g/mol. The van der Waals surface area contributed by atoms with Gasteiger partial charge in [0.15, 0.2) is 6.29 Å². The summed E-state index contributed by atoms with van der Waals surface area (Å²) in [6, 6.07) is 11.2. The average molecular weight is 343 g/mol. The summed E-state index contributed by atoms with van der Waals surface area (Å²) in [5.74, 6) is 0.790. The smallest absolute Gasteiger partial charge is 0.153 e. The Morgan fingerprint density at radius 2 is 2.00 bits per heavy atom. The van der Waals surface area contributed by atoms with Gasteiger partial charge in [0.2, 0.25) is 0 Å². The van der Waals surface area contributed by atoms with Crippen LogP contribution in [-0.2, 0) is 6.61 Å². The number of halogens is 1. The van der Waals surface area contributed by atoms with Crippen LogP contribution in [0.3, 0.4) is 0 Å². The lowest BCUT2D eigenvalue weighted by atomic mass is 10.2. The SMILES string of the molecule is COc1ccc(OCc2csc(-c3ccc(F)cc3)n2)c(C=O)c1. The molecule has 0 saturated carbocycles. The molecular formula is C18H14FNO3S. The molecule has 0 aliphatic carbocycles. The minimum atomic E-state index is -0.278. The predicted octanol–water partition coefficient (Wildman–Crippen LogP) is 4.35. The maximum absolute atomic E-state index is 13.0. The van der Waals surface area contributed by atoms with Crippen molar-refractivity contribution in [2.45, 2.75) is 6.61 Å². The molecule has 0 N–H and O–H groups in total. The number of rotatable bonds is 6. The van der Waals surface area contributed by atoms with E-state index in [0.29, 0.717) is 17.1 Å². The summed E-state index contributed by atoms with van der Waals surface area (Å²) in [4.78, 5) is 15.6. The molecule has 0 bridgehead atoms. The maximum atomic E-state index is 13.0. The van der Waals surface area contributed by atoms with Crippen molar-refractivity contribution in [3.05, 3.63) is 64.9 Å². The molecule has 0 saturated heterocycles. The Hall–Kier alpha value is -2.73. The third-order valence-electron chi connectivity index (χ3n) is 3.36. The van der Waals surface area contributed by atoms with Crippen LogP contribution in [0.25, 0.3) is 10.6 Å². The molecule has 0 atom stereocenters. The number of hydrogen-bond donors (Lipinski definition) is 0. The Morgan fingerprint density at radius 1 is 1.21 bits per heavy atom. The fourth-order valence-corrected chi connectivity index (χ4v) is 2.94. The van der Waals surface area contributed by atoms with Gasteiger partial charge in [-0.3, -0.25) is 4.79 Å². The van der Waals surface area contributed by atoms with Gasteiger partial charge in [-0.1, -0.05) is 0 Å². The summed E-state index contributed by atoms with van der Waals surface area (Å²) in [6.07, 6.45) is 0.725. The van der Waals surface area contributed by atoms with Crippen molar-refractivity contribution in [1.82, 2.24) is 4.98 Å². The molecule has 0 amide bonds. The molecule has 0 aliphatic rings. The van der Waals surface area contributed by atoms with Crippen LogP contribution in [0.5, 0.6) is 11.5 Å². The Morgan fingerprint density at radius 3 is 2.71 bits per heavy atom. The van der Waals surface area contributed by atoms with Crippen molar-refractivity contribution in [3.63, 3.8) is 0 Å². The van der Waals surface area contributed by atoms with E-state index in [1.165, 1.54) is 30.6 Å². The van der Waals surface area contributed by atoms with Gasteiger partial charge in [0.05, 0.1) is 18.4 Å². The highest BCUT2D eigenvalue weighted by atomic mass is 32.1. The third kappa shape index (κ3) is 3.60. The summed E-state index contributed by atoms with van der Waals surface area (Å²) < 4.78 is 23.7. The van der Waals surface area contributed by atoms with Crippen LogP contribution in [0.1, 0.15) is 16.1 Å². The van der Waals surface area contributed by atoms with Crippen molar-refractivity contribution in [2.75, 3.05) is 7.11 Å². The van der Waals surface area contributed by atoms with Gasteiger partial charge in [-0.15, -0.1) is 11.3 Å². The van der Waals surface area contributed by atoms with Crippen LogP contribution >= 0.6 is 11.3 Å². The zero-order valence-corrected chi connectivity index (χ0v) is 13.7. The molecule has 2 aromatic carbocycles. The maximum Gasteiger partial charge on any atom is 0.153 e. The van der Waals surface area contributed by atoms with Crippen molar-refractivity contribution in [3.8, 4) is 22.1 Å². The Labute approximate surface area is 142 Å². The summed E-state index contributed by atoms with van der Waals surface area (Å²) in [5.41, 5.74) is 2.01. The van der Waals surface area contributed by atoms with Crippen LogP contribution in [-0.4, -0.2) is 18.4 Å². The number of aldehydes is 1. The molecule has 0 fully saturated rings. The van der Waals surface area contributed by atoms with Crippen molar-refractivity contribution < 1.29 is 18.7 Å². The normalized spacial score (nSPS) is 10.4. The van der Waals surface area contributed by atoms with E-state index in [9.17, 15) is 9.18 Å². The molecule has 0 unspecified atom stereocenters. The van der Waals surface area contributed by atoms with Crippen LogP contribution in [0.15, 0.2) is 47.8 Å². The highest BCUT2D eigenvalue weighted by Gasteiger charge is 2.08. The zero-order chi connectivity index (χ0) is 16.9. The minimum absolute atomic E-state index is 0.241. The van der Waals surface area contributed by atoms with E-state index in [0.717, 1.165) is 22.6 Å². The summed E-state index contributed by atoms with van der Waals surface area (Å²) >= 11 is 1.46. The third-order valence-corrected chi connectivity index (χ3v) is 4.30. The molecule has 3 aromatic rings. The van der Waals surface area contributed by atoms with Crippen LogP contribution < -0.4 is 9.47 Å². The molecule has 3 rings (SSSR count). The first-order valence-electron chi connectivity index (χ1n) is 7.16. The Balaban J connectivity index is 1.72. The van der Waals surface area contributed by atoms with E-state index in [1.807, 2.05) is 5.38 Å². The topological polar surface area (TPSA) is 48.4 Å². The lowest BCUT2D eigenvalue weighted by Gasteiger charge is -2.08. The van der Waals surface area contributed by atoms with E-state index >= 15 is 0 Å². The van der Waals surface area contributed by atoms with E-state index in [2.05, 4.69) is 4.98 Å². The number of nitrogens with zero attached hydrogens (tertiary/aromatic N) is 1. The first kappa shape index (κ1) is 16.1. The first-order chi connectivity index (χ1) is 11.7. The number of carbonyl (C=O) groups excluding carboxylic acids is 1. The molecule has 6 heteroatoms. The molecule has 4 nitrogen and oxygen atoms in total. The molecule has 24 heavy (non-hydrogen) atoms. The van der Waals surface area contributed by atoms with Gasteiger partial charge in [-0.25, -0.2) is 9.37 Å². The second-order valence-electron chi connectivity index (χ2n) is 4.96. The quantitative estimate of drug-likeness (QED) is 0.624. The fraction of sp³-hybridized carbons (Fsp3) is 0.111. The number of aromatic nitrogens is 1.